The highest BCUT2D eigenvalue weighted by atomic mass is 127. The standard InChI is InChI=1S/C15H25N3.HI/c1-6-16-15(18(4)5)17-8-7-14-10-12(2)9-13(3)11-14;/h9-11H,6-8H2,1-5H3,(H,16,17);1H. The highest BCUT2D eigenvalue weighted by molar-refractivity contribution is 14.0. The summed E-state index contributed by atoms with van der Waals surface area (Å²) in [6.45, 7) is 8.10. The number of rotatable bonds is 4. The second kappa shape index (κ2) is 9.18. The molecule has 1 N–H and O–H groups in total. The first kappa shape index (κ1) is 18.2. The van der Waals surface area contributed by atoms with Crippen LogP contribution in [0.15, 0.2) is 23.2 Å². The number of hydrogen-bond acceptors (Lipinski definition) is 1. The molecule has 4 heteroatoms. The van der Waals surface area contributed by atoms with Crippen LogP contribution in [0.25, 0.3) is 0 Å². The first-order valence-electron chi connectivity index (χ1n) is 6.55. The van der Waals surface area contributed by atoms with E-state index in [1.165, 1.54) is 16.7 Å². The van der Waals surface area contributed by atoms with Crippen molar-refractivity contribution in [2.75, 3.05) is 27.2 Å². The van der Waals surface area contributed by atoms with Crippen LogP contribution in [0.2, 0.25) is 0 Å². The lowest BCUT2D eigenvalue weighted by Crippen LogP contribution is -2.36. The SMILES string of the molecule is CCNC(=NCCc1cc(C)cc(C)c1)N(C)C.I. The Balaban J connectivity index is 0.00000324. The van der Waals surface area contributed by atoms with E-state index in [2.05, 4.69) is 49.3 Å². The van der Waals surface area contributed by atoms with E-state index in [0.717, 1.165) is 25.5 Å². The molecular formula is C15H26IN3. The normalized spacial score (nSPS) is 10.9. The van der Waals surface area contributed by atoms with Crippen LogP contribution in [-0.4, -0.2) is 38.0 Å². The zero-order valence-corrected chi connectivity index (χ0v) is 15.0. The molecule has 0 radical (unpaired) electrons. The Bertz CT molecular complexity index is 394. The molecule has 0 aromatic heterocycles. The maximum atomic E-state index is 4.60. The summed E-state index contributed by atoms with van der Waals surface area (Å²) < 4.78 is 0. The van der Waals surface area contributed by atoms with Crippen molar-refractivity contribution in [3.8, 4) is 0 Å². The van der Waals surface area contributed by atoms with Gasteiger partial charge in [0, 0.05) is 27.2 Å². The first-order chi connectivity index (χ1) is 8.52. The Morgan fingerprint density at radius 1 is 1.16 bits per heavy atom. The van der Waals surface area contributed by atoms with E-state index in [9.17, 15) is 0 Å². The number of guanidine groups is 1. The van der Waals surface area contributed by atoms with Crippen LogP contribution in [0.4, 0.5) is 0 Å². The van der Waals surface area contributed by atoms with E-state index < -0.39 is 0 Å². The molecule has 0 bridgehead atoms. The molecule has 0 saturated carbocycles. The summed E-state index contributed by atoms with van der Waals surface area (Å²) in [5.74, 6) is 0.960. The topological polar surface area (TPSA) is 27.6 Å². The van der Waals surface area contributed by atoms with Gasteiger partial charge in [-0.15, -0.1) is 24.0 Å². The quantitative estimate of drug-likeness (QED) is 0.498. The predicted octanol–water partition coefficient (Wildman–Crippen LogP) is 2.99. The van der Waals surface area contributed by atoms with Crippen LogP contribution in [-0.2, 0) is 6.42 Å². The van der Waals surface area contributed by atoms with Gasteiger partial charge >= 0.3 is 0 Å². The monoisotopic (exact) mass is 375 g/mol. The molecule has 0 fully saturated rings. The lowest BCUT2D eigenvalue weighted by Gasteiger charge is -2.16. The van der Waals surface area contributed by atoms with Crippen LogP contribution in [0.1, 0.15) is 23.6 Å². The van der Waals surface area contributed by atoms with Crippen molar-refractivity contribution in [2.24, 2.45) is 4.99 Å². The lowest BCUT2D eigenvalue weighted by molar-refractivity contribution is 0.583. The molecule has 1 aromatic rings. The highest BCUT2D eigenvalue weighted by Gasteiger charge is 2.00. The van der Waals surface area contributed by atoms with Crippen molar-refractivity contribution < 1.29 is 0 Å². The molecule has 0 saturated heterocycles. The van der Waals surface area contributed by atoms with Crippen molar-refractivity contribution in [2.45, 2.75) is 27.2 Å². The zero-order chi connectivity index (χ0) is 13.5. The van der Waals surface area contributed by atoms with Gasteiger partial charge in [-0.1, -0.05) is 29.3 Å². The van der Waals surface area contributed by atoms with E-state index in [1.54, 1.807) is 0 Å². The summed E-state index contributed by atoms with van der Waals surface area (Å²) >= 11 is 0. The number of benzene rings is 1. The number of aliphatic imine (C=N–C) groups is 1. The van der Waals surface area contributed by atoms with Crippen molar-refractivity contribution >= 4 is 29.9 Å². The number of nitrogens with zero attached hydrogens (tertiary/aromatic N) is 2. The Labute approximate surface area is 134 Å². The summed E-state index contributed by atoms with van der Waals surface area (Å²) in [6.07, 6.45) is 0.991. The van der Waals surface area contributed by atoms with Gasteiger partial charge < -0.3 is 10.2 Å². The molecule has 0 spiro atoms. The predicted molar refractivity (Wildman–Crippen MR) is 94.7 cm³/mol. The minimum atomic E-state index is 0. The molecule has 0 aliphatic carbocycles. The first-order valence-corrected chi connectivity index (χ1v) is 6.55. The van der Waals surface area contributed by atoms with E-state index in [1.807, 2.05) is 19.0 Å². The van der Waals surface area contributed by atoms with Gasteiger partial charge in [0.15, 0.2) is 5.96 Å². The highest BCUT2D eigenvalue weighted by Crippen LogP contribution is 2.09. The number of halogens is 1. The summed E-state index contributed by atoms with van der Waals surface area (Å²) in [6, 6.07) is 6.69. The van der Waals surface area contributed by atoms with Crippen LogP contribution in [0, 0.1) is 13.8 Å². The molecule has 0 atom stereocenters. The van der Waals surface area contributed by atoms with Gasteiger partial charge in [-0.25, -0.2) is 0 Å². The summed E-state index contributed by atoms with van der Waals surface area (Å²) in [5, 5.41) is 3.27. The molecule has 0 unspecified atom stereocenters. The third-order valence-corrected chi connectivity index (χ3v) is 2.70. The molecule has 0 heterocycles. The van der Waals surface area contributed by atoms with Crippen LogP contribution in [0.3, 0.4) is 0 Å². The Hall–Kier alpha value is -0.780. The molecule has 0 aliphatic heterocycles. The lowest BCUT2D eigenvalue weighted by atomic mass is 10.1. The smallest absolute Gasteiger partial charge is 0.193 e. The fraction of sp³-hybridized carbons (Fsp3) is 0.533. The maximum Gasteiger partial charge on any atom is 0.193 e. The van der Waals surface area contributed by atoms with Gasteiger partial charge in [-0.3, -0.25) is 4.99 Å². The minimum absolute atomic E-state index is 0. The van der Waals surface area contributed by atoms with Crippen molar-refractivity contribution in [1.82, 2.24) is 10.2 Å². The van der Waals surface area contributed by atoms with Crippen LogP contribution >= 0.6 is 24.0 Å². The average molecular weight is 375 g/mol. The van der Waals surface area contributed by atoms with Gasteiger partial charge in [0.25, 0.3) is 0 Å². The third kappa shape index (κ3) is 6.80. The van der Waals surface area contributed by atoms with Crippen LogP contribution in [0.5, 0.6) is 0 Å². The second-order valence-electron chi connectivity index (χ2n) is 4.88. The van der Waals surface area contributed by atoms with Crippen molar-refractivity contribution in [1.29, 1.82) is 0 Å². The maximum absolute atomic E-state index is 4.60. The molecule has 3 nitrogen and oxygen atoms in total. The molecule has 0 aliphatic rings. The fourth-order valence-electron chi connectivity index (χ4n) is 2.02. The fourth-order valence-corrected chi connectivity index (χ4v) is 2.02. The van der Waals surface area contributed by atoms with E-state index in [-0.39, 0.29) is 24.0 Å². The van der Waals surface area contributed by atoms with Gasteiger partial charge in [-0.05, 0) is 32.8 Å². The number of aryl methyl sites for hydroxylation is 2. The van der Waals surface area contributed by atoms with Gasteiger partial charge in [0.05, 0.1) is 0 Å². The Morgan fingerprint density at radius 3 is 2.21 bits per heavy atom. The third-order valence-electron chi connectivity index (χ3n) is 2.70. The summed E-state index contributed by atoms with van der Waals surface area (Å²) in [7, 11) is 4.02. The van der Waals surface area contributed by atoms with Gasteiger partial charge in [-0.2, -0.15) is 0 Å². The Kier molecular flexibility index (Phi) is 8.80. The minimum Gasteiger partial charge on any atom is -0.357 e. The average Bonchev–Trinajstić information content (AvgIpc) is 2.26. The largest absolute Gasteiger partial charge is 0.357 e. The summed E-state index contributed by atoms with van der Waals surface area (Å²) in [4.78, 5) is 6.62. The van der Waals surface area contributed by atoms with Gasteiger partial charge in [0.2, 0.25) is 0 Å². The van der Waals surface area contributed by atoms with E-state index >= 15 is 0 Å². The summed E-state index contributed by atoms with van der Waals surface area (Å²) in [5.41, 5.74) is 4.02. The zero-order valence-electron chi connectivity index (χ0n) is 12.7. The van der Waals surface area contributed by atoms with E-state index in [0.29, 0.717) is 0 Å². The Morgan fingerprint density at radius 2 is 1.74 bits per heavy atom. The van der Waals surface area contributed by atoms with Crippen molar-refractivity contribution in [3.63, 3.8) is 0 Å². The molecule has 108 valence electrons. The number of nitrogens with one attached hydrogen (secondary N) is 1. The molecule has 19 heavy (non-hydrogen) atoms. The van der Waals surface area contributed by atoms with Crippen LogP contribution < -0.4 is 5.32 Å². The number of hydrogen-bond donors (Lipinski definition) is 1. The molecule has 1 rings (SSSR count). The second-order valence-corrected chi connectivity index (χ2v) is 4.88. The van der Waals surface area contributed by atoms with E-state index in [4.69, 9.17) is 0 Å². The molecule has 1 aromatic carbocycles. The molecule has 0 amide bonds. The van der Waals surface area contributed by atoms with Crippen molar-refractivity contribution in [3.05, 3.63) is 34.9 Å². The van der Waals surface area contributed by atoms with Gasteiger partial charge in [0.1, 0.15) is 0 Å². The molecular weight excluding hydrogens is 349 g/mol.